The number of hydrogen-bond donors (Lipinski definition) is 1. The highest BCUT2D eigenvalue weighted by molar-refractivity contribution is 5.82. The van der Waals surface area contributed by atoms with Crippen LogP contribution in [-0.4, -0.2) is 36.5 Å². The number of hydrogen-bond acceptors (Lipinski definition) is 3. The van der Waals surface area contributed by atoms with E-state index in [1.54, 1.807) is 19.2 Å². The Bertz CT molecular complexity index is 572. The lowest BCUT2D eigenvalue weighted by atomic mass is 9.99. The second-order valence-corrected chi connectivity index (χ2v) is 6.89. The van der Waals surface area contributed by atoms with E-state index in [0.717, 1.165) is 38.6 Å². The fourth-order valence-corrected chi connectivity index (χ4v) is 3.93. The van der Waals surface area contributed by atoms with Gasteiger partial charge in [0.25, 0.3) is 0 Å². The third kappa shape index (κ3) is 3.89. The van der Waals surface area contributed by atoms with Gasteiger partial charge in [0.1, 0.15) is 11.6 Å². The van der Waals surface area contributed by atoms with Crippen LogP contribution in [0.2, 0.25) is 0 Å². The maximum atomic E-state index is 14.2. The molecule has 2 fully saturated rings. The van der Waals surface area contributed by atoms with E-state index < -0.39 is 0 Å². The Labute approximate surface area is 143 Å². The summed E-state index contributed by atoms with van der Waals surface area (Å²) in [7, 11) is 1.55. The SMILES string of the molecule is COc1cccc(F)c1CN1CCCCC1C(=O)NC1CCCC1. The van der Waals surface area contributed by atoms with Gasteiger partial charge in [-0.3, -0.25) is 9.69 Å². The van der Waals surface area contributed by atoms with Crippen molar-refractivity contribution in [1.29, 1.82) is 0 Å². The molecule has 1 N–H and O–H groups in total. The number of carbonyl (C=O) groups excluding carboxylic acids is 1. The molecule has 1 aliphatic heterocycles. The van der Waals surface area contributed by atoms with E-state index in [0.29, 0.717) is 23.9 Å². The Morgan fingerprint density at radius 2 is 2.00 bits per heavy atom. The van der Waals surface area contributed by atoms with Gasteiger partial charge in [0.15, 0.2) is 0 Å². The fourth-order valence-electron chi connectivity index (χ4n) is 3.93. The van der Waals surface area contributed by atoms with Crippen LogP contribution >= 0.6 is 0 Å². The summed E-state index contributed by atoms with van der Waals surface area (Å²) in [5, 5.41) is 3.20. The number of ether oxygens (including phenoxy) is 1. The molecule has 2 aliphatic rings. The van der Waals surface area contributed by atoms with E-state index in [2.05, 4.69) is 10.2 Å². The largest absolute Gasteiger partial charge is 0.496 e. The smallest absolute Gasteiger partial charge is 0.237 e. The first-order valence-corrected chi connectivity index (χ1v) is 9.05. The topological polar surface area (TPSA) is 41.6 Å². The number of nitrogens with one attached hydrogen (secondary N) is 1. The summed E-state index contributed by atoms with van der Waals surface area (Å²) in [5.74, 6) is 0.391. The molecule has 0 radical (unpaired) electrons. The normalized spacial score (nSPS) is 22.5. The van der Waals surface area contributed by atoms with E-state index in [1.165, 1.54) is 18.9 Å². The Kier molecular flexibility index (Phi) is 5.72. The van der Waals surface area contributed by atoms with E-state index in [-0.39, 0.29) is 17.8 Å². The molecule has 1 aliphatic carbocycles. The van der Waals surface area contributed by atoms with Crippen LogP contribution in [0.5, 0.6) is 5.75 Å². The van der Waals surface area contributed by atoms with Crippen LogP contribution in [0.3, 0.4) is 0 Å². The molecule has 1 heterocycles. The van der Waals surface area contributed by atoms with Gasteiger partial charge in [-0.2, -0.15) is 0 Å². The number of carbonyl (C=O) groups is 1. The lowest BCUT2D eigenvalue weighted by molar-refractivity contribution is -0.128. The average Bonchev–Trinajstić information content (AvgIpc) is 3.10. The summed E-state index contributed by atoms with van der Waals surface area (Å²) < 4.78 is 19.5. The summed E-state index contributed by atoms with van der Waals surface area (Å²) in [6, 6.07) is 5.04. The van der Waals surface area contributed by atoms with Crippen molar-refractivity contribution in [2.75, 3.05) is 13.7 Å². The Hall–Kier alpha value is -1.62. The molecule has 1 saturated heterocycles. The summed E-state index contributed by atoms with van der Waals surface area (Å²) in [4.78, 5) is 14.8. The third-order valence-corrected chi connectivity index (χ3v) is 5.27. The first-order valence-electron chi connectivity index (χ1n) is 9.05. The predicted molar refractivity (Wildman–Crippen MR) is 91.4 cm³/mol. The summed E-state index contributed by atoms with van der Waals surface area (Å²) in [6.07, 6.45) is 7.50. The average molecular weight is 334 g/mol. The van der Waals surface area contributed by atoms with Gasteiger partial charge >= 0.3 is 0 Å². The van der Waals surface area contributed by atoms with Gasteiger partial charge in [0.2, 0.25) is 5.91 Å². The highest BCUT2D eigenvalue weighted by Gasteiger charge is 2.31. The summed E-state index contributed by atoms with van der Waals surface area (Å²) in [5.41, 5.74) is 0.542. The molecule has 4 nitrogen and oxygen atoms in total. The summed E-state index contributed by atoms with van der Waals surface area (Å²) >= 11 is 0. The van der Waals surface area contributed by atoms with Crippen molar-refractivity contribution in [1.82, 2.24) is 10.2 Å². The molecule has 3 rings (SSSR count). The molecule has 1 unspecified atom stereocenters. The number of amides is 1. The van der Waals surface area contributed by atoms with Crippen molar-refractivity contribution >= 4 is 5.91 Å². The van der Waals surface area contributed by atoms with Crippen molar-refractivity contribution in [2.24, 2.45) is 0 Å². The van der Waals surface area contributed by atoms with Crippen LogP contribution in [0.1, 0.15) is 50.5 Å². The minimum absolute atomic E-state index is 0.108. The third-order valence-electron chi connectivity index (χ3n) is 5.27. The number of likely N-dealkylation sites (tertiary alicyclic amines) is 1. The van der Waals surface area contributed by atoms with Crippen LogP contribution in [0, 0.1) is 5.82 Å². The van der Waals surface area contributed by atoms with E-state index in [9.17, 15) is 9.18 Å². The lowest BCUT2D eigenvalue weighted by Gasteiger charge is -2.35. The molecule has 5 heteroatoms. The van der Waals surface area contributed by atoms with Gasteiger partial charge in [-0.15, -0.1) is 0 Å². The zero-order valence-corrected chi connectivity index (χ0v) is 14.4. The molecule has 1 aromatic rings. The quantitative estimate of drug-likeness (QED) is 0.899. The Balaban J connectivity index is 1.71. The number of halogens is 1. The van der Waals surface area contributed by atoms with E-state index in [1.807, 2.05) is 0 Å². The van der Waals surface area contributed by atoms with Crippen molar-refractivity contribution in [3.05, 3.63) is 29.6 Å². The molecule has 0 bridgehead atoms. The Morgan fingerprint density at radius 1 is 1.25 bits per heavy atom. The minimum Gasteiger partial charge on any atom is -0.496 e. The molecule has 24 heavy (non-hydrogen) atoms. The first-order chi connectivity index (χ1) is 11.7. The van der Waals surface area contributed by atoms with Gasteiger partial charge in [0, 0.05) is 18.2 Å². The highest BCUT2D eigenvalue weighted by atomic mass is 19.1. The van der Waals surface area contributed by atoms with E-state index in [4.69, 9.17) is 4.74 Å². The molecule has 0 spiro atoms. The second kappa shape index (κ2) is 7.97. The maximum Gasteiger partial charge on any atom is 0.237 e. The summed E-state index contributed by atoms with van der Waals surface area (Å²) in [6.45, 7) is 1.23. The van der Waals surface area contributed by atoms with Crippen LogP contribution in [-0.2, 0) is 11.3 Å². The van der Waals surface area contributed by atoms with Crippen LogP contribution in [0.15, 0.2) is 18.2 Å². The van der Waals surface area contributed by atoms with Gasteiger partial charge < -0.3 is 10.1 Å². The zero-order valence-electron chi connectivity index (χ0n) is 14.4. The number of piperidine rings is 1. The van der Waals surface area contributed by atoms with Crippen LogP contribution < -0.4 is 10.1 Å². The lowest BCUT2D eigenvalue weighted by Crippen LogP contribution is -2.51. The number of methoxy groups -OCH3 is 1. The maximum absolute atomic E-state index is 14.2. The van der Waals surface area contributed by atoms with Gasteiger partial charge in [-0.25, -0.2) is 4.39 Å². The molecular weight excluding hydrogens is 307 g/mol. The number of rotatable bonds is 5. The number of nitrogens with zero attached hydrogens (tertiary/aromatic N) is 1. The first kappa shape index (κ1) is 17.2. The highest BCUT2D eigenvalue weighted by Crippen LogP contribution is 2.27. The molecule has 0 aromatic heterocycles. The fraction of sp³-hybridized carbons (Fsp3) is 0.632. The second-order valence-electron chi connectivity index (χ2n) is 6.89. The van der Waals surface area contributed by atoms with Crippen molar-refractivity contribution in [3.8, 4) is 5.75 Å². The number of benzene rings is 1. The van der Waals surface area contributed by atoms with Crippen molar-refractivity contribution in [3.63, 3.8) is 0 Å². The molecular formula is C19H27FN2O2. The molecule has 1 atom stereocenters. The monoisotopic (exact) mass is 334 g/mol. The van der Waals surface area contributed by atoms with Crippen molar-refractivity contribution in [2.45, 2.75) is 63.6 Å². The van der Waals surface area contributed by atoms with Crippen LogP contribution in [0.25, 0.3) is 0 Å². The molecule has 1 amide bonds. The van der Waals surface area contributed by atoms with Crippen molar-refractivity contribution < 1.29 is 13.9 Å². The van der Waals surface area contributed by atoms with Gasteiger partial charge in [-0.05, 0) is 44.4 Å². The van der Waals surface area contributed by atoms with Crippen LogP contribution in [0.4, 0.5) is 4.39 Å². The molecule has 132 valence electrons. The Morgan fingerprint density at radius 3 is 2.75 bits per heavy atom. The van der Waals surface area contributed by atoms with E-state index >= 15 is 0 Å². The minimum atomic E-state index is -0.269. The van der Waals surface area contributed by atoms with Gasteiger partial charge in [-0.1, -0.05) is 25.3 Å². The molecule has 1 aromatic carbocycles. The standard InChI is InChI=1S/C19H27FN2O2/c1-24-18-11-6-9-16(20)15(18)13-22-12-5-4-10-17(22)19(23)21-14-7-2-3-8-14/h6,9,11,14,17H,2-5,7-8,10,12-13H2,1H3,(H,21,23). The zero-order chi connectivity index (χ0) is 16.9. The van der Waals surface area contributed by atoms with Gasteiger partial charge in [0.05, 0.1) is 13.2 Å². The molecule has 1 saturated carbocycles. The predicted octanol–water partition coefficient (Wildman–Crippen LogP) is 3.25.